The lowest BCUT2D eigenvalue weighted by Crippen LogP contribution is -2.12. The van der Waals surface area contributed by atoms with E-state index in [0.717, 1.165) is 11.3 Å². The molecule has 1 aromatic carbocycles. The van der Waals surface area contributed by atoms with Crippen molar-refractivity contribution >= 4 is 5.91 Å². The molecule has 1 aromatic heterocycles. The highest BCUT2D eigenvalue weighted by Gasteiger charge is 2.03. The van der Waals surface area contributed by atoms with Gasteiger partial charge in [0.25, 0.3) is 5.91 Å². The van der Waals surface area contributed by atoms with Crippen LogP contribution in [0.4, 0.5) is 0 Å². The molecular formula is C13H13N3O2. The van der Waals surface area contributed by atoms with E-state index in [1.807, 2.05) is 24.3 Å². The molecular weight excluding hydrogens is 230 g/mol. The number of nitrogens with zero attached hydrogens (tertiary/aromatic N) is 2. The minimum Gasteiger partial charge on any atom is -0.497 e. The molecule has 0 atom stereocenters. The number of hydrogen-bond donors (Lipinski definition) is 1. The maximum absolute atomic E-state index is 10.9. The van der Waals surface area contributed by atoms with Gasteiger partial charge in [0.05, 0.1) is 12.7 Å². The maximum atomic E-state index is 10.9. The van der Waals surface area contributed by atoms with Gasteiger partial charge in [0.15, 0.2) is 0 Å². The van der Waals surface area contributed by atoms with Crippen LogP contribution < -0.4 is 10.5 Å². The number of benzene rings is 1. The van der Waals surface area contributed by atoms with Crippen molar-refractivity contribution in [1.82, 2.24) is 9.97 Å². The molecule has 0 saturated heterocycles. The summed E-state index contributed by atoms with van der Waals surface area (Å²) in [4.78, 5) is 19.1. The van der Waals surface area contributed by atoms with Gasteiger partial charge in [0, 0.05) is 18.8 Å². The largest absolute Gasteiger partial charge is 0.497 e. The normalized spacial score (nSPS) is 10.1. The Kier molecular flexibility index (Phi) is 3.52. The molecule has 92 valence electrons. The predicted molar refractivity (Wildman–Crippen MR) is 66.3 cm³/mol. The van der Waals surface area contributed by atoms with Crippen molar-refractivity contribution in [1.29, 1.82) is 0 Å². The first-order valence-corrected chi connectivity index (χ1v) is 5.42. The van der Waals surface area contributed by atoms with E-state index in [1.54, 1.807) is 7.11 Å². The lowest BCUT2D eigenvalue weighted by atomic mass is 10.1. The molecule has 1 amide bonds. The van der Waals surface area contributed by atoms with Crippen LogP contribution in [0.15, 0.2) is 36.7 Å². The van der Waals surface area contributed by atoms with Crippen LogP contribution in [-0.4, -0.2) is 23.0 Å². The Hall–Kier alpha value is -2.43. The van der Waals surface area contributed by atoms with E-state index in [2.05, 4.69) is 9.97 Å². The summed E-state index contributed by atoms with van der Waals surface area (Å²) in [5.41, 5.74) is 6.50. The summed E-state index contributed by atoms with van der Waals surface area (Å²) in [6.45, 7) is 0. The molecule has 2 N–H and O–H groups in total. The molecule has 0 spiro atoms. The first-order chi connectivity index (χ1) is 8.69. The van der Waals surface area contributed by atoms with Crippen LogP contribution >= 0.6 is 0 Å². The Labute approximate surface area is 105 Å². The number of methoxy groups -OCH3 is 1. The standard InChI is InChI=1S/C13H13N3O2/c1-18-11-4-2-9(3-5-11)6-12-15-7-10(8-16-12)13(14)17/h2-5,7-8H,6H2,1H3,(H2,14,17). The summed E-state index contributed by atoms with van der Waals surface area (Å²) in [6, 6.07) is 7.66. The highest BCUT2D eigenvalue weighted by molar-refractivity contribution is 5.92. The van der Waals surface area contributed by atoms with E-state index < -0.39 is 5.91 Å². The quantitative estimate of drug-likeness (QED) is 0.874. The lowest BCUT2D eigenvalue weighted by molar-refractivity contribution is 0.0999. The lowest BCUT2D eigenvalue weighted by Gasteiger charge is -2.03. The zero-order valence-corrected chi connectivity index (χ0v) is 9.96. The van der Waals surface area contributed by atoms with Crippen molar-refractivity contribution in [3.63, 3.8) is 0 Å². The summed E-state index contributed by atoms with van der Waals surface area (Å²) in [5.74, 6) is 0.930. The van der Waals surface area contributed by atoms with Crippen LogP contribution in [-0.2, 0) is 6.42 Å². The second-order valence-electron chi connectivity index (χ2n) is 3.78. The minimum atomic E-state index is -0.522. The monoisotopic (exact) mass is 243 g/mol. The van der Waals surface area contributed by atoms with Crippen molar-refractivity contribution in [2.75, 3.05) is 7.11 Å². The Morgan fingerprint density at radius 1 is 1.22 bits per heavy atom. The van der Waals surface area contributed by atoms with E-state index in [1.165, 1.54) is 12.4 Å². The average Bonchev–Trinajstić information content (AvgIpc) is 2.40. The summed E-state index contributed by atoms with van der Waals surface area (Å²) in [5, 5.41) is 0. The van der Waals surface area contributed by atoms with Crippen molar-refractivity contribution in [3.8, 4) is 5.75 Å². The second kappa shape index (κ2) is 5.27. The Morgan fingerprint density at radius 3 is 2.33 bits per heavy atom. The first-order valence-electron chi connectivity index (χ1n) is 5.42. The van der Waals surface area contributed by atoms with Crippen LogP contribution in [0.5, 0.6) is 5.75 Å². The number of ether oxygens (including phenoxy) is 1. The molecule has 0 radical (unpaired) electrons. The van der Waals surface area contributed by atoms with Gasteiger partial charge in [-0.3, -0.25) is 4.79 Å². The van der Waals surface area contributed by atoms with Gasteiger partial charge in [-0.1, -0.05) is 12.1 Å². The van der Waals surface area contributed by atoms with Crippen LogP contribution in [0.25, 0.3) is 0 Å². The SMILES string of the molecule is COc1ccc(Cc2ncc(C(N)=O)cn2)cc1. The first kappa shape index (κ1) is 12.0. The fourth-order valence-corrected chi connectivity index (χ4v) is 1.50. The highest BCUT2D eigenvalue weighted by atomic mass is 16.5. The van der Waals surface area contributed by atoms with Crippen LogP contribution in [0, 0.1) is 0 Å². The Bertz CT molecular complexity index is 535. The molecule has 18 heavy (non-hydrogen) atoms. The zero-order chi connectivity index (χ0) is 13.0. The molecule has 1 heterocycles. The van der Waals surface area contributed by atoms with Gasteiger partial charge in [-0.2, -0.15) is 0 Å². The van der Waals surface area contributed by atoms with Crippen molar-refractivity contribution in [2.45, 2.75) is 6.42 Å². The Balaban J connectivity index is 2.10. The van der Waals surface area contributed by atoms with Gasteiger partial charge >= 0.3 is 0 Å². The van der Waals surface area contributed by atoms with Gasteiger partial charge < -0.3 is 10.5 Å². The van der Waals surface area contributed by atoms with E-state index in [-0.39, 0.29) is 0 Å². The maximum Gasteiger partial charge on any atom is 0.251 e. The Morgan fingerprint density at radius 2 is 1.83 bits per heavy atom. The van der Waals surface area contributed by atoms with Crippen molar-refractivity contribution in [3.05, 3.63) is 53.6 Å². The summed E-state index contributed by atoms with van der Waals surface area (Å²) >= 11 is 0. The molecule has 2 aromatic rings. The average molecular weight is 243 g/mol. The van der Waals surface area contributed by atoms with Gasteiger partial charge in [-0.15, -0.1) is 0 Å². The van der Waals surface area contributed by atoms with Crippen LogP contribution in [0.2, 0.25) is 0 Å². The highest BCUT2D eigenvalue weighted by Crippen LogP contribution is 2.13. The minimum absolute atomic E-state index is 0.313. The van der Waals surface area contributed by atoms with E-state index in [9.17, 15) is 4.79 Å². The van der Waals surface area contributed by atoms with Crippen LogP contribution in [0.1, 0.15) is 21.7 Å². The molecule has 5 heteroatoms. The topological polar surface area (TPSA) is 78.1 Å². The predicted octanol–water partition coefficient (Wildman–Crippen LogP) is 1.17. The van der Waals surface area contributed by atoms with E-state index >= 15 is 0 Å². The number of primary amides is 1. The molecule has 0 bridgehead atoms. The van der Waals surface area contributed by atoms with Crippen molar-refractivity contribution in [2.24, 2.45) is 5.73 Å². The van der Waals surface area contributed by atoms with E-state index in [4.69, 9.17) is 10.5 Å². The summed E-state index contributed by atoms with van der Waals surface area (Å²) < 4.78 is 5.08. The number of hydrogen-bond acceptors (Lipinski definition) is 4. The van der Waals surface area contributed by atoms with E-state index in [0.29, 0.717) is 17.8 Å². The molecule has 0 aliphatic rings. The third-order valence-corrected chi connectivity index (χ3v) is 2.51. The number of carbonyl (C=O) groups is 1. The third-order valence-electron chi connectivity index (χ3n) is 2.51. The van der Waals surface area contributed by atoms with Gasteiger partial charge in [0.1, 0.15) is 11.6 Å². The summed E-state index contributed by atoms with van der Waals surface area (Å²) in [6.07, 6.45) is 3.48. The van der Waals surface area contributed by atoms with Crippen LogP contribution in [0.3, 0.4) is 0 Å². The number of carbonyl (C=O) groups excluding carboxylic acids is 1. The van der Waals surface area contributed by atoms with Crippen molar-refractivity contribution < 1.29 is 9.53 Å². The molecule has 0 aliphatic carbocycles. The van der Waals surface area contributed by atoms with Gasteiger partial charge in [0.2, 0.25) is 0 Å². The van der Waals surface area contributed by atoms with Gasteiger partial charge in [-0.25, -0.2) is 9.97 Å². The smallest absolute Gasteiger partial charge is 0.251 e. The molecule has 0 aliphatic heterocycles. The number of nitrogens with two attached hydrogens (primary N) is 1. The molecule has 0 fully saturated rings. The van der Waals surface area contributed by atoms with Gasteiger partial charge in [-0.05, 0) is 17.7 Å². The molecule has 2 rings (SSSR count). The fourth-order valence-electron chi connectivity index (χ4n) is 1.50. The fraction of sp³-hybridized carbons (Fsp3) is 0.154. The number of rotatable bonds is 4. The number of aromatic nitrogens is 2. The second-order valence-corrected chi connectivity index (χ2v) is 3.78. The molecule has 5 nitrogen and oxygen atoms in total. The number of amides is 1. The molecule has 0 saturated carbocycles. The molecule has 0 unspecified atom stereocenters. The zero-order valence-electron chi connectivity index (χ0n) is 9.96. The third kappa shape index (κ3) is 2.82. The summed E-state index contributed by atoms with van der Waals surface area (Å²) in [7, 11) is 1.63.